The molecule has 2 amide bonds. The van der Waals surface area contributed by atoms with E-state index < -0.39 is 17.7 Å². The van der Waals surface area contributed by atoms with Gasteiger partial charge in [-0.3, -0.25) is 0 Å². The van der Waals surface area contributed by atoms with E-state index in [0.717, 1.165) is 19.3 Å². The first-order chi connectivity index (χ1) is 10.1. The number of amides is 2. The number of carbonyl (C=O) groups excluding carboxylic acids is 1. The van der Waals surface area contributed by atoms with Crippen molar-refractivity contribution in [1.82, 2.24) is 5.32 Å². The zero-order chi connectivity index (χ0) is 15.2. The molecule has 0 spiro atoms. The van der Waals surface area contributed by atoms with Crippen LogP contribution in [0.25, 0.3) is 0 Å². The van der Waals surface area contributed by atoms with Crippen molar-refractivity contribution in [2.24, 2.45) is 0 Å². The lowest BCUT2D eigenvalue weighted by Gasteiger charge is -2.10. The standard InChI is InChI=1S/C15H18N2O4/c18-13-11(14(19)20)6-3-7-12(13)17-15(21)16-9-8-10-4-1-2-5-10/h3-4,6-7,18H,1-2,5,8-9H2,(H,19,20)(H2,16,17,21). The van der Waals surface area contributed by atoms with Gasteiger partial charge in [0, 0.05) is 6.54 Å². The highest BCUT2D eigenvalue weighted by Crippen LogP contribution is 2.27. The molecule has 1 aromatic carbocycles. The topological polar surface area (TPSA) is 98.7 Å². The molecule has 0 radical (unpaired) electrons. The molecule has 1 aromatic rings. The highest BCUT2D eigenvalue weighted by molar-refractivity contribution is 5.97. The summed E-state index contributed by atoms with van der Waals surface area (Å²) in [4.78, 5) is 22.6. The molecule has 0 atom stereocenters. The van der Waals surface area contributed by atoms with E-state index in [9.17, 15) is 14.7 Å². The summed E-state index contributed by atoms with van der Waals surface area (Å²) in [5.74, 6) is -1.69. The van der Waals surface area contributed by atoms with Crippen LogP contribution in [0.3, 0.4) is 0 Å². The summed E-state index contributed by atoms with van der Waals surface area (Å²) < 4.78 is 0. The zero-order valence-electron chi connectivity index (χ0n) is 11.6. The normalized spacial score (nSPS) is 13.6. The fraction of sp³-hybridized carbons (Fsp3) is 0.333. The van der Waals surface area contributed by atoms with E-state index in [4.69, 9.17) is 5.11 Å². The Morgan fingerprint density at radius 2 is 2.10 bits per heavy atom. The van der Waals surface area contributed by atoms with Crippen LogP contribution in [-0.4, -0.2) is 28.8 Å². The smallest absolute Gasteiger partial charge is 0.339 e. The van der Waals surface area contributed by atoms with Gasteiger partial charge >= 0.3 is 12.0 Å². The summed E-state index contributed by atoms with van der Waals surface area (Å²) in [6, 6.07) is 3.71. The van der Waals surface area contributed by atoms with Gasteiger partial charge in [-0.25, -0.2) is 9.59 Å². The molecular weight excluding hydrogens is 272 g/mol. The average molecular weight is 290 g/mol. The number of aromatic carboxylic acids is 1. The first-order valence-electron chi connectivity index (χ1n) is 6.86. The van der Waals surface area contributed by atoms with E-state index in [1.165, 1.54) is 30.2 Å². The monoisotopic (exact) mass is 290 g/mol. The molecular formula is C15H18N2O4. The third-order valence-electron chi connectivity index (χ3n) is 3.38. The maximum absolute atomic E-state index is 11.7. The van der Waals surface area contributed by atoms with Crippen molar-refractivity contribution in [3.8, 4) is 5.75 Å². The van der Waals surface area contributed by atoms with Crippen LogP contribution in [0, 0.1) is 0 Å². The van der Waals surface area contributed by atoms with Crippen molar-refractivity contribution < 1.29 is 19.8 Å². The molecule has 112 valence electrons. The quantitative estimate of drug-likeness (QED) is 0.495. The SMILES string of the molecule is O=C(NCCC1=CCCC1)Nc1cccc(C(=O)O)c1O. The molecule has 1 aliphatic carbocycles. The van der Waals surface area contributed by atoms with E-state index in [-0.39, 0.29) is 11.3 Å². The maximum atomic E-state index is 11.7. The van der Waals surface area contributed by atoms with Crippen LogP contribution in [-0.2, 0) is 0 Å². The number of para-hydroxylation sites is 1. The number of hydrogen-bond donors (Lipinski definition) is 4. The van der Waals surface area contributed by atoms with Crippen LogP contribution in [0.4, 0.5) is 10.5 Å². The molecule has 0 unspecified atom stereocenters. The maximum Gasteiger partial charge on any atom is 0.339 e. The second-order valence-corrected chi connectivity index (χ2v) is 4.89. The summed E-state index contributed by atoms with van der Waals surface area (Å²) in [6.07, 6.45) is 6.38. The molecule has 0 saturated heterocycles. The molecule has 0 bridgehead atoms. The summed E-state index contributed by atoms with van der Waals surface area (Å²) >= 11 is 0. The Morgan fingerprint density at radius 3 is 2.76 bits per heavy atom. The molecule has 0 aromatic heterocycles. The number of allylic oxidation sites excluding steroid dienone is 1. The average Bonchev–Trinajstić information content (AvgIpc) is 2.94. The third kappa shape index (κ3) is 3.98. The Labute approximate surface area is 122 Å². The number of aromatic hydroxyl groups is 1. The van der Waals surface area contributed by atoms with Crippen molar-refractivity contribution in [3.05, 3.63) is 35.4 Å². The van der Waals surface area contributed by atoms with Gasteiger partial charge in [0.25, 0.3) is 0 Å². The highest BCUT2D eigenvalue weighted by atomic mass is 16.4. The number of rotatable bonds is 5. The Bertz CT molecular complexity index is 581. The summed E-state index contributed by atoms with van der Waals surface area (Å²) in [5, 5.41) is 23.8. The number of carboxylic acid groups (broad SMARTS) is 1. The van der Waals surface area contributed by atoms with E-state index in [1.54, 1.807) is 0 Å². The zero-order valence-corrected chi connectivity index (χ0v) is 11.6. The van der Waals surface area contributed by atoms with Crippen molar-refractivity contribution in [3.63, 3.8) is 0 Å². The van der Waals surface area contributed by atoms with Gasteiger partial charge in [-0.2, -0.15) is 0 Å². The number of benzene rings is 1. The van der Waals surface area contributed by atoms with Crippen LogP contribution >= 0.6 is 0 Å². The van der Waals surface area contributed by atoms with E-state index in [1.807, 2.05) is 0 Å². The van der Waals surface area contributed by atoms with Gasteiger partial charge in [-0.05, 0) is 37.8 Å². The van der Waals surface area contributed by atoms with Gasteiger partial charge < -0.3 is 20.8 Å². The molecule has 21 heavy (non-hydrogen) atoms. The lowest BCUT2D eigenvalue weighted by atomic mass is 10.1. The molecule has 0 heterocycles. The Kier molecular flexibility index (Phi) is 4.81. The highest BCUT2D eigenvalue weighted by Gasteiger charge is 2.14. The second-order valence-electron chi connectivity index (χ2n) is 4.89. The van der Waals surface area contributed by atoms with Gasteiger partial charge in [0.2, 0.25) is 0 Å². The molecule has 4 N–H and O–H groups in total. The van der Waals surface area contributed by atoms with E-state index in [0.29, 0.717) is 6.54 Å². The van der Waals surface area contributed by atoms with Crippen LogP contribution in [0.5, 0.6) is 5.75 Å². The van der Waals surface area contributed by atoms with Gasteiger partial charge in [-0.15, -0.1) is 0 Å². The van der Waals surface area contributed by atoms with Gasteiger partial charge in [0.05, 0.1) is 5.69 Å². The predicted octanol–water partition coefficient (Wildman–Crippen LogP) is 2.71. The van der Waals surface area contributed by atoms with Gasteiger partial charge in [-0.1, -0.05) is 17.7 Å². The number of anilines is 1. The largest absolute Gasteiger partial charge is 0.505 e. The van der Waals surface area contributed by atoms with Crippen molar-refractivity contribution in [1.29, 1.82) is 0 Å². The third-order valence-corrected chi connectivity index (χ3v) is 3.38. The number of urea groups is 1. The minimum Gasteiger partial charge on any atom is -0.505 e. The summed E-state index contributed by atoms with van der Waals surface area (Å²) in [7, 11) is 0. The van der Waals surface area contributed by atoms with Crippen LogP contribution in [0.2, 0.25) is 0 Å². The lowest BCUT2D eigenvalue weighted by molar-refractivity contribution is 0.0693. The lowest BCUT2D eigenvalue weighted by Crippen LogP contribution is -2.29. The van der Waals surface area contributed by atoms with Crippen molar-refractivity contribution in [2.45, 2.75) is 25.7 Å². The second kappa shape index (κ2) is 6.78. The summed E-state index contributed by atoms with van der Waals surface area (Å²) in [5.41, 5.74) is 1.18. The molecule has 0 saturated carbocycles. The van der Waals surface area contributed by atoms with Crippen molar-refractivity contribution in [2.75, 3.05) is 11.9 Å². The van der Waals surface area contributed by atoms with Gasteiger partial charge in [0.1, 0.15) is 5.56 Å². The minimum absolute atomic E-state index is 0.0764. The van der Waals surface area contributed by atoms with Gasteiger partial charge in [0.15, 0.2) is 5.75 Å². The molecule has 6 nitrogen and oxygen atoms in total. The number of hydrogen-bond acceptors (Lipinski definition) is 3. The Morgan fingerprint density at radius 1 is 1.29 bits per heavy atom. The summed E-state index contributed by atoms with van der Waals surface area (Å²) in [6.45, 7) is 0.511. The predicted molar refractivity (Wildman–Crippen MR) is 78.6 cm³/mol. The molecule has 6 heteroatoms. The first-order valence-corrected chi connectivity index (χ1v) is 6.86. The number of carbonyl (C=O) groups is 2. The van der Waals surface area contributed by atoms with E-state index in [2.05, 4.69) is 16.7 Å². The number of nitrogens with one attached hydrogen (secondary N) is 2. The molecule has 0 aliphatic heterocycles. The first kappa shape index (κ1) is 14.9. The van der Waals surface area contributed by atoms with Crippen LogP contribution in [0.15, 0.2) is 29.8 Å². The van der Waals surface area contributed by atoms with E-state index >= 15 is 0 Å². The number of carboxylic acids is 1. The minimum atomic E-state index is -1.25. The number of phenols is 1. The van der Waals surface area contributed by atoms with Crippen molar-refractivity contribution >= 4 is 17.7 Å². The fourth-order valence-corrected chi connectivity index (χ4v) is 2.28. The Balaban J connectivity index is 1.87. The molecule has 0 fully saturated rings. The molecule has 1 aliphatic rings. The molecule has 2 rings (SSSR count). The Hall–Kier alpha value is -2.50. The van der Waals surface area contributed by atoms with Crippen LogP contribution < -0.4 is 10.6 Å². The van der Waals surface area contributed by atoms with Crippen LogP contribution in [0.1, 0.15) is 36.0 Å². The fourth-order valence-electron chi connectivity index (χ4n) is 2.28.